The number of hydrogen-bond acceptors (Lipinski definition) is 9. The molecule has 39 heavy (non-hydrogen) atoms. The number of ketones is 4. The van der Waals surface area contributed by atoms with Gasteiger partial charge in [-0.1, -0.05) is 48.5 Å². The first kappa shape index (κ1) is 26.2. The molecule has 3 aliphatic rings. The summed E-state index contributed by atoms with van der Waals surface area (Å²) in [4.78, 5) is 79.4. The standard InChI is InChI=1S/C29H19BrO9/c1-37-28(35)18(11-17-22(30)26(34)16-10-6-4-8-14(16)23(17)31)27-21(29(36)38-2)20-19(12-39-27)24(32)13-7-3-5-9-15(13)25(20)33/h3-10,18H,11-12H2,1-2H3. The Morgan fingerprint density at radius 2 is 1.36 bits per heavy atom. The summed E-state index contributed by atoms with van der Waals surface area (Å²) in [5.74, 6) is -5.69. The molecule has 0 saturated carbocycles. The number of hydrogen-bond donors (Lipinski definition) is 0. The summed E-state index contributed by atoms with van der Waals surface area (Å²) in [5.41, 5.74) is -0.106. The number of halogens is 1. The molecule has 1 aliphatic heterocycles. The molecule has 0 saturated heterocycles. The molecule has 1 atom stereocenters. The van der Waals surface area contributed by atoms with Crippen LogP contribution in [0, 0.1) is 5.92 Å². The van der Waals surface area contributed by atoms with Gasteiger partial charge in [-0.2, -0.15) is 0 Å². The van der Waals surface area contributed by atoms with Crippen molar-refractivity contribution in [3.63, 3.8) is 0 Å². The molecule has 0 fully saturated rings. The van der Waals surface area contributed by atoms with Gasteiger partial charge in [0, 0.05) is 33.4 Å². The van der Waals surface area contributed by atoms with Crippen molar-refractivity contribution in [2.24, 2.45) is 5.92 Å². The van der Waals surface area contributed by atoms with Gasteiger partial charge in [0.15, 0.2) is 17.3 Å². The molecule has 2 aromatic carbocycles. The van der Waals surface area contributed by atoms with Crippen molar-refractivity contribution >= 4 is 51.0 Å². The summed E-state index contributed by atoms with van der Waals surface area (Å²) in [5, 5.41) is 0. The van der Waals surface area contributed by atoms with Crippen molar-refractivity contribution in [3.8, 4) is 0 Å². The number of benzene rings is 2. The van der Waals surface area contributed by atoms with Gasteiger partial charge in [-0.25, -0.2) is 4.79 Å². The van der Waals surface area contributed by atoms with E-state index < -0.39 is 59.6 Å². The van der Waals surface area contributed by atoms with Gasteiger partial charge in [-0.05, 0) is 22.4 Å². The second-order valence-corrected chi connectivity index (χ2v) is 9.65. The van der Waals surface area contributed by atoms with Crippen molar-refractivity contribution in [2.45, 2.75) is 6.42 Å². The molecule has 1 unspecified atom stereocenters. The second kappa shape index (κ2) is 10.0. The van der Waals surface area contributed by atoms with Crippen molar-refractivity contribution < 1.29 is 43.0 Å². The second-order valence-electron chi connectivity index (χ2n) is 8.85. The molecule has 5 rings (SSSR count). The van der Waals surface area contributed by atoms with E-state index in [0.29, 0.717) is 0 Å². The number of fused-ring (bicyclic) bond motifs is 2. The van der Waals surface area contributed by atoms with E-state index in [1.165, 1.54) is 24.3 Å². The Morgan fingerprint density at radius 3 is 1.92 bits per heavy atom. The lowest BCUT2D eigenvalue weighted by atomic mass is 9.77. The Balaban J connectivity index is 1.68. The molecule has 0 N–H and O–H groups in total. The summed E-state index contributed by atoms with van der Waals surface area (Å²) >= 11 is 3.20. The minimum Gasteiger partial charge on any atom is -0.491 e. The van der Waals surface area contributed by atoms with Crippen LogP contribution >= 0.6 is 15.9 Å². The summed E-state index contributed by atoms with van der Waals surface area (Å²) < 4.78 is 15.7. The van der Waals surface area contributed by atoms with Crippen LogP contribution in [0.25, 0.3) is 0 Å². The van der Waals surface area contributed by atoms with Crippen LogP contribution in [0.1, 0.15) is 47.9 Å². The van der Waals surface area contributed by atoms with E-state index >= 15 is 0 Å². The van der Waals surface area contributed by atoms with Gasteiger partial charge < -0.3 is 14.2 Å². The summed E-state index contributed by atoms with van der Waals surface area (Å²) in [6.07, 6.45) is -0.399. The third-order valence-electron chi connectivity index (χ3n) is 6.84. The first-order chi connectivity index (χ1) is 18.7. The predicted octanol–water partition coefficient (Wildman–Crippen LogP) is 3.73. The molecule has 9 nitrogen and oxygen atoms in total. The summed E-state index contributed by atoms with van der Waals surface area (Å²) in [7, 11) is 2.19. The smallest absolute Gasteiger partial charge is 0.342 e. The zero-order chi connectivity index (χ0) is 28.0. The van der Waals surface area contributed by atoms with Crippen molar-refractivity contribution in [1.82, 2.24) is 0 Å². The predicted molar refractivity (Wildman–Crippen MR) is 138 cm³/mol. The number of rotatable bonds is 5. The van der Waals surface area contributed by atoms with Crippen LogP contribution in [-0.2, 0) is 23.8 Å². The largest absolute Gasteiger partial charge is 0.491 e. The van der Waals surface area contributed by atoms with Gasteiger partial charge in [0.05, 0.1) is 24.3 Å². The Kier molecular flexibility index (Phi) is 6.73. The number of Topliss-reactive ketones (excluding diaryl/α,β-unsaturated/α-hetero) is 4. The third-order valence-corrected chi connectivity index (χ3v) is 7.68. The quantitative estimate of drug-likeness (QED) is 0.478. The topological polar surface area (TPSA) is 130 Å². The van der Waals surface area contributed by atoms with E-state index in [1.807, 2.05) is 0 Å². The fourth-order valence-electron chi connectivity index (χ4n) is 4.96. The first-order valence-electron chi connectivity index (χ1n) is 11.7. The molecular formula is C29H19BrO9. The molecule has 0 radical (unpaired) electrons. The fraction of sp³-hybridized carbons (Fsp3) is 0.172. The number of carbonyl (C=O) groups is 6. The lowest BCUT2D eigenvalue weighted by Gasteiger charge is -2.31. The van der Waals surface area contributed by atoms with Gasteiger partial charge in [0.1, 0.15) is 23.9 Å². The van der Waals surface area contributed by atoms with E-state index in [1.54, 1.807) is 24.3 Å². The Hall–Kier alpha value is -4.44. The Labute approximate surface area is 230 Å². The fourth-order valence-corrected chi connectivity index (χ4v) is 5.52. The number of carbonyl (C=O) groups excluding carboxylic acids is 6. The van der Waals surface area contributed by atoms with E-state index in [9.17, 15) is 28.8 Å². The van der Waals surface area contributed by atoms with Crippen molar-refractivity contribution in [3.05, 3.63) is 103 Å². The average molecular weight is 591 g/mol. The minimum atomic E-state index is -1.43. The summed E-state index contributed by atoms with van der Waals surface area (Å²) in [6, 6.07) is 12.4. The van der Waals surface area contributed by atoms with Crippen LogP contribution in [0.4, 0.5) is 0 Å². The molecule has 0 aromatic heterocycles. The average Bonchev–Trinajstić information content (AvgIpc) is 2.97. The van der Waals surface area contributed by atoms with Crippen LogP contribution in [0.15, 0.2) is 81.1 Å². The lowest BCUT2D eigenvalue weighted by Crippen LogP contribution is -2.35. The normalized spacial score (nSPS) is 17.3. The van der Waals surface area contributed by atoms with Crippen LogP contribution in [0.5, 0.6) is 0 Å². The van der Waals surface area contributed by atoms with Gasteiger partial charge in [-0.3, -0.25) is 24.0 Å². The maximum atomic E-state index is 13.6. The molecule has 0 bridgehead atoms. The Bertz CT molecular complexity index is 1620. The van der Waals surface area contributed by atoms with E-state index in [2.05, 4.69) is 15.9 Å². The van der Waals surface area contributed by atoms with E-state index in [0.717, 1.165) is 14.2 Å². The number of esters is 2. The van der Waals surface area contributed by atoms with Gasteiger partial charge in [0.2, 0.25) is 5.78 Å². The molecule has 0 amide bonds. The molecule has 196 valence electrons. The number of allylic oxidation sites excluding steroid dienone is 2. The lowest BCUT2D eigenvalue weighted by molar-refractivity contribution is -0.145. The van der Waals surface area contributed by atoms with Gasteiger partial charge in [0.25, 0.3) is 0 Å². The number of ether oxygens (including phenoxy) is 3. The summed E-state index contributed by atoms with van der Waals surface area (Å²) in [6.45, 7) is -0.409. The SMILES string of the molecule is COC(=O)C1=C(C(CC2=C(Br)C(=O)c3ccccc3C2=O)C(=O)OC)OCC2=C1C(=O)c1ccccc1C2=O. The molecule has 10 heteroatoms. The Morgan fingerprint density at radius 1 is 0.821 bits per heavy atom. The maximum absolute atomic E-state index is 13.6. The van der Waals surface area contributed by atoms with E-state index in [-0.39, 0.29) is 49.2 Å². The minimum absolute atomic E-state index is 0.0365. The molecule has 2 aliphatic carbocycles. The first-order valence-corrected chi connectivity index (χ1v) is 12.5. The highest BCUT2D eigenvalue weighted by Gasteiger charge is 2.45. The highest BCUT2D eigenvalue weighted by atomic mass is 79.9. The highest BCUT2D eigenvalue weighted by Crippen LogP contribution is 2.41. The molecule has 1 heterocycles. The van der Waals surface area contributed by atoms with Crippen LogP contribution in [0.2, 0.25) is 0 Å². The van der Waals surface area contributed by atoms with Crippen LogP contribution in [-0.4, -0.2) is 55.9 Å². The van der Waals surface area contributed by atoms with Gasteiger partial charge >= 0.3 is 11.9 Å². The maximum Gasteiger partial charge on any atom is 0.342 e. The molecule has 2 aromatic rings. The zero-order valence-corrected chi connectivity index (χ0v) is 22.2. The number of methoxy groups -OCH3 is 2. The zero-order valence-electron chi connectivity index (χ0n) is 20.7. The van der Waals surface area contributed by atoms with Crippen LogP contribution < -0.4 is 0 Å². The monoisotopic (exact) mass is 590 g/mol. The third kappa shape index (κ3) is 4.08. The van der Waals surface area contributed by atoms with Gasteiger partial charge in [-0.15, -0.1) is 0 Å². The van der Waals surface area contributed by atoms with E-state index in [4.69, 9.17) is 14.2 Å². The molecule has 0 spiro atoms. The van der Waals surface area contributed by atoms with Crippen molar-refractivity contribution in [1.29, 1.82) is 0 Å². The van der Waals surface area contributed by atoms with Crippen LogP contribution in [0.3, 0.4) is 0 Å². The van der Waals surface area contributed by atoms with Crippen molar-refractivity contribution in [2.75, 3.05) is 20.8 Å². The highest BCUT2D eigenvalue weighted by molar-refractivity contribution is 9.12. The molecular weight excluding hydrogens is 572 g/mol.